The van der Waals surface area contributed by atoms with Crippen LogP contribution in [-0.4, -0.2) is 24.5 Å². The van der Waals surface area contributed by atoms with Crippen molar-refractivity contribution in [3.05, 3.63) is 33.9 Å². The van der Waals surface area contributed by atoms with Gasteiger partial charge in [-0.05, 0) is 38.0 Å². The number of carbonyl (C=O) groups excluding carboxylic acids is 3. The summed E-state index contributed by atoms with van der Waals surface area (Å²) in [6.45, 7) is 4.56. The predicted octanol–water partition coefficient (Wildman–Crippen LogP) is -6.78. The van der Waals surface area contributed by atoms with Gasteiger partial charge in [0, 0.05) is 11.1 Å². The Morgan fingerprint density at radius 1 is 1.05 bits per heavy atom. The normalized spacial score (nSPS) is 9.10. The zero-order chi connectivity index (χ0) is 14.7. The molecule has 0 aliphatic heterocycles. The number of carboxylic acid groups (broad SMARTS) is 2. The summed E-state index contributed by atoms with van der Waals surface area (Å²) < 4.78 is 4.81. The van der Waals surface area contributed by atoms with E-state index in [1.54, 1.807) is 6.92 Å². The Hall–Kier alpha value is -0.370. The van der Waals surface area contributed by atoms with Gasteiger partial charge in [-0.2, -0.15) is 0 Å². The van der Waals surface area contributed by atoms with Crippen molar-refractivity contribution in [1.29, 1.82) is 0 Å². The first kappa shape index (κ1) is 22.9. The van der Waals surface area contributed by atoms with Gasteiger partial charge in [0.1, 0.15) is 0 Å². The summed E-state index contributed by atoms with van der Waals surface area (Å²) in [6, 6.07) is 1.07. The van der Waals surface area contributed by atoms with Gasteiger partial charge in [0.05, 0.1) is 24.1 Å². The molecular formula is C13H12Na2O6. The fraction of sp³-hybridized carbons (Fsp3) is 0.308. The van der Waals surface area contributed by atoms with Gasteiger partial charge < -0.3 is 24.5 Å². The van der Waals surface area contributed by atoms with Gasteiger partial charge in [0.2, 0.25) is 0 Å². The summed E-state index contributed by atoms with van der Waals surface area (Å²) in [5, 5.41) is 22.0. The first-order chi connectivity index (χ1) is 8.81. The molecule has 102 valence electrons. The molecule has 0 aliphatic rings. The smallest absolute Gasteiger partial charge is 0.545 e. The monoisotopic (exact) mass is 310 g/mol. The zero-order valence-electron chi connectivity index (χ0n) is 12.7. The molecule has 1 aromatic rings. The largest absolute Gasteiger partial charge is 1.00 e. The van der Waals surface area contributed by atoms with Gasteiger partial charge in [-0.25, -0.2) is 4.79 Å². The second-order valence-corrected chi connectivity index (χ2v) is 3.91. The number of carboxylic acids is 2. The van der Waals surface area contributed by atoms with E-state index in [0.717, 1.165) is 6.07 Å². The average molecular weight is 310 g/mol. The molecule has 0 radical (unpaired) electrons. The Morgan fingerprint density at radius 3 is 1.95 bits per heavy atom. The van der Waals surface area contributed by atoms with Gasteiger partial charge in [-0.1, -0.05) is 0 Å². The number of ether oxygens (including phenoxy) is 1. The summed E-state index contributed by atoms with van der Waals surface area (Å²) in [7, 11) is 0. The average Bonchev–Trinajstić information content (AvgIpc) is 2.27. The maximum atomic E-state index is 11.7. The van der Waals surface area contributed by atoms with Crippen LogP contribution >= 0.6 is 0 Å². The van der Waals surface area contributed by atoms with Crippen molar-refractivity contribution in [2.45, 2.75) is 20.8 Å². The van der Waals surface area contributed by atoms with Crippen LogP contribution in [0.25, 0.3) is 0 Å². The molecule has 0 atom stereocenters. The van der Waals surface area contributed by atoms with E-state index in [1.807, 2.05) is 0 Å². The molecule has 6 nitrogen and oxygen atoms in total. The van der Waals surface area contributed by atoms with Crippen LogP contribution < -0.4 is 69.3 Å². The van der Waals surface area contributed by atoms with Crippen LogP contribution in [-0.2, 0) is 4.74 Å². The van der Waals surface area contributed by atoms with E-state index in [0.29, 0.717) is 5.56 Å². The van der Waals surface area contributed by atoms with Crippen LogP contribution in [0.1, 0.15) is 49.1 Å². The van der Waals surface area contributed by atoms with Crippen LogP contribution in [0.3, 0.4) is 0 Å². The van der Waals surface area contributed by atoms with Crippen molar-refractivity contribution in [2.24, 2.45) is 0 Å². The number of rotatable bonds is 4. The van der Waals surface area contributed by atoms with Crippen molar-refractivity contribution in [2.75, 3.05) is 6.61 Å². The molecule has 0 N–H and O–H groups in total. The Balaban J connectivity index is 0. The van der Waals surface area contributed by atoms with E-state index >= 15 is 0 Å². The van der Waals surface area contributed by atoms with E-state index < -0.39 is 29.0 Å². The van der Waals surface area contributed by atoms with Crippen molar-refractivity contribution >= 4 is 17.9 Å². The van der Waals surface area contributed by atoms with E-state index in [9.17, 15) is 24.6 Å². The molecule has 0 saturated heterocycles. The summed E-state index contributed by atoms with van der Waals surface area (Å²) in [5.41, 5.74) is -0.736. The third kappa shape index (κ3) is 5.09. The van der Waals surface area contributed by atoms with Crippen LogP contribution in [0.5, 0.6) is 0 Å². The molecule has 0 spiro atoms. The SMILES string of the molecule is CCOC(=O)c1c(C)cc(C(=O)[O-])c(C(=O)[O-])c1C.[Na+].[Na+]. The fourth-order valence-corrected chi connectivity index (χ4v) is 1.92. The fourth-order valence-electron chi connectivity index (χ4n) is 1.92. The molecule has 0 bridgehead atoms. The number of aryl methyl sites for hydroxylation is 1. The molecule has 0 unspecified atom stereocenters. The second kappa shape index (κ2) is 9.61. The van der Waals surface area contributed by atoms with Crippen LogP contribution in [0.15, 0.2) is 6.07 Å². The minimum absolute atomic E-state index is 0. The Labute approximate surface area is 166 Å². The summed E-state index contributed by atoms with van der Waals surface area (Å²) in [6.07, 6.45) is 0. The van der Waals surface area contributed by atoms with E-state index in [1.165, 1.54) is 13.8 Å². The first-order valence-corrected chi connectivity index (χ1v) is 5.55. The van der Waals surface area contributed by atoms with Crippen molar-refractivity contribution in [3.63, 3.8) is 0 Å². The van der Waals surface area contributed by atoms with E-state index in [-0.39, 0.29) is 76.8 Å². The minimum atomic E-state index is -1.68. The molecule has 0 saturated carbocycles. The zero-order valence-corrected chi connectivity index (χ0v) is 16.7. The Morgan fingerprint density at radius 2 is 1.57 bits per heavy atom. The van der Waals surface area contributed by atoms with E-state index in [2.05, 4.69) is 0 Å². The number of esters is 1. The van der Waals surface area contributed by atoms with Crippen LogP contribution in [0.4, 0.5) is 0 Å². The maximum absolute atomic E-state index is 11.7. The number of hydrogen-bond donors (Lipinski definition) is 0. The Kier molecular flexibility index (Phi) is 10.5. The van der Waals surface area contributed by atoms with Gasteiger partial charge in [0.25, 0.3) is 0 Å². The van der Waals surface area contributed by atoms with Gasteiger partial charge in [0.15, 0.2) is 0 Å². The number of benzene rings is 1. The Bertz CT molecular complexity index is 568. The second-order valence-electron chi connectivity index (χ2n) is 3.91. The van der Waals surface area contributed by atoms with Crippen LogP contribution in [0, 0.1) is 13.8 Å². The summed E-state index contributed by atoms with van der Waals surface area (Å²) in [5.74, 6) is -4.02. The predicted molar refractivity (Wildman–Crippen MR) is 60.5 cm³/mol. The van der Waals surface area contributed by atoms with Crippen molar-refractivity contribution in [3.8, 4) is 0 Å². The molecule has 21 heavy (non-hydrogen) atoms. The van der Waals surface area contributed by atoms with E-state index in [4.69, 9.17) is 4.74 Å². The first-order valence-electron chi connectivity index (χ1n) is 5.55. The summed E-state index contributed by atoms with van der Waals surface area (Å²) in [4.78, 5) is 33.7. The summed E-state index contributed by atoms with van der Waals surface area (Å²) >= 11 is 0. The third-order valence-corrected chi connectivity index (χ3v) is 2.68. The molecule has 0 aliphatic carbocycles. The number of aromatic carboxylic acids is 2. The number of carbonyl (C=O) groups is 3. The minimum Gasteiger partial charge on any atom is -0.545 e. The molecule has 1 rings (SSSR count). The molecule has 8 heteroatoms. The van der Waals surface area contributed by atoms with Gasteiger partial charge in [-0.15, -0.1) is 0 Å². The molecular weight excluding hydrogens is 298 g/mol. The topological polar surface area (TPSA) is 107 Å². The van der Waals surface area contributed by atoms with Crippen molar-refractivity contribution in [1.82, 2.24) is 0 Å². The molecule has 0 fully saturated rings. The quantitative estimate of drug-likeness (QED) is 0.404. The standard InChI is InChI=1S/C13H14O6.2Na/c1-4-19-13(18)9-6(2)5-8(11(14)15)10(7(9)3)12(16)17;;/h5H,4H2,1-3H3,(H,14,15)(H,16,17);;/q;2*+1/p-2. The molecule has 0 heterocycles. The number of hydrogen-bond acceptors (Lipinski definition) is 6. The van der Waals surface area contributed by atoms with Crippen molar-refractivity contribution < 1.29 is 88.4 Å². The van der Waals surface area contributed by atoms with Crippen LogP contribution in [0.2, 0.25) is 0 Å². The van der Waals surface area contributed by atoms with Gasteiger partial charge >= 0.3 is 65.1 Å². The third-order valence-electron chi connectivity index (χ3n) is 2.68. The molecule has 0 amide bonds. The molecule has 1 aromatic carbocycles. The molecule has 0 aromatic heterocycles. The van der Waals surface area contributed by atoms with Gasteiger partial charge in [-0.3, -0.25) is 0 Å². The maximum Gasteiger partial charge on any atom is 1.00 e.